The van der Waals surface area contributed by atoms with E-state index >= 15 is 0 Å². The largest absolute Gasteiger partial charge is 0.507 e. The minimum atomic E-state index is -0.566. The Morgan fingerprint density at radius 3 is 2.55 bits per heavy atom. The average Bonchev–Trinajstić information content (AvgIpc) is 2.42. The Morgan fingerprint density at radius 1 is 1.25 bits per heavy atom. The lowest BCUT2D eigenvalue weighted by Crippen LogP contribution is -2.26. The number of amides is 1. The standard InChI is InChI=1S/C15H13BrFNO2/c1-9(10-2-4-11(16)5-3-10)18-15(20)13-8-12(17)6-7-14(13)19/h2-9,19H,1H3,(H,18,20)/t9-/m0/s1. The van der Waals surface area contributed by atoms with Gasteiger partial charge in [0.2, 0.25) is 0 Å². The van der Waals surface area contributed by atoms with Crippen molar-refractivity contribution >= 4 is 21.8 Å². The minimum Gasteiger partial charge on any atom is -0.507 e. The van der Waals surface area contributed by atoms with Crippen molar-refractivity contribution in [2.45, 2.75) is 13.0 Å². The van der Waals surface area contributed by atoms with Crippen LogP contribution in [0.3, 0.4) is 0 Å². The van der Waals surface area contributed by atoms with E-state index in [0.29, 0.717) is 0 Å². The molecule has 0 heterocycles. The summed E-state index contributed by atoms with van der Waals surface area (Å²) in [5, 5.41) is 12.3. The zero-order valence-electron chi connectivity index (χ0n) is 10.7. The summed E-state index contributed by atoms with van der Waals surface area (Å²) < 4.78 is 14.1. The fourth-order valence-electron chi connectivity index (χ4n) is 1.80. The Kier molecular flexibility index (Phi) is 4.39. The van der Waals surface area contributed by atoms with E-state index in [4.69, 9.17) is 0 Å². The van der Waals surface area contributed by atoms with Crippen LogP contribution < -0.4 is 5.32 Å². The van der Waals surface area contributed by atoms with Gasteiger partial charge in [0.05, 0.1) is 11.6 Å². The highest BCUT2D eigenvalue weighted by atomic mass is 79.9. The Morgan fingerprint density at radius 2 is 1.90 bits per heavy atom. The highest BCUT2D eigenvalue weighted by Crippen LogP contribution is 2.20. The van der Waals surface area contributed by atoms with Gasteiger partial charge in [0, 0.05) is 4.47 Å². The van der Waals surface area contributed by atoms with E-state index in [1.807, 2.05) is 31.2 Å². The summed E-state index contributed by atoms with van der Waals surface area (Å²) in [6, 6.07) is 10.5. The highest BCUT2D eigenvalue weighted by molar-refractivity contribution is 9.10. The first-order valence-corrected chi connectivity index (χ1v) is 6.81. The molecule has 3 nitrogen and oxygen atoms in total. The van der Waals surface area contributed by atoms with Gasteiger partial charge in [-0.2, -0.15) is 0 Å². The van der Waals surface area contributed by atoms with Gasteiger partial charge in [0.25, 0.3) is 5.91 Å². The summed E-state index contributed by atoms with van der Waals surface area (Å²) in [7, 11) is 0. The molecule has 2 aromatic carbocycles. The average molecular weight is 338 g/mol. The number of phenols is 1. The molecule has 0 aliphatic carbocycles. The number of aromatic hydroxyl groups is 1. The Balaban J connectivity index is 2.15. The van der Waals surface area contributed by atoms with Crippen LogP contribution in [-0.2, 0) is 0 Å². The molecule has 2 N–H and O–H groups in total. The third-order valence-corrected chi connectivity index (χ3v) is 3.45. The van der Waals surface area contributed by atoms with Crippen LogP contribution in [0.25, 0.3) is 0 Å². The molecule has 20 heavy (non-hydrogen) atoms. The quantitative estimate of drug-likeness (QED) is 0.895. The lowest BCUT2D eigenvalue weighted by Gasteiger charge is -2.15. The summed E-state index contributed by atoms with van der Waals surface area (Å²) in [6.07, 6.45) is 0. The molecule has 1 amide bonds. The maximum absolute atomic E-state index is 13.1. The van der Waals surface area contributed by atoms with Gasteiger partial charge in [-0.1, -0.05) is 28.1 Å². The topological polar surface area (TPSA) is 49.3 Å². The number of halogens is 2. The summed E-state index contributed by atoms with van der Waals surface area (Å²) in [5.41, 5.74) is 0.839. The molecule has 0 aromatic heterocycles. The van der Waals surface area contributed by atoms with Crippen molar-refractivity contribution in [3.63, 3.8) is 0 Å². The van der Waals surface area contributed by atoms with Crippen LogP contribution in [0.1, 0.15) is 28.9 Å². The molecule has 0 radical (unpaired) electrons. The zero-order chi connectivity index (χ0) is 14.7. The number of carbonyl (C=O) groups is 1. The summed E-state index contributed by atoms with van der Waals surface area (Å²) >= 11 is 3.34. The predicted octanol–water partition coefficient (Wildman–Crippen LogP) is 3.78. The minimum absolute atomic E-state index is 0.0750. The molecule has 1 atom stereocenters. The molecule has 0 aliphatic rings. The van der Waals surface area contributed by atoms with Crippen LogP contribution in [0.5, 0.6) is 5.75 Å². The Hall–Kier alpha value is -1.88. The maximum Gasteiger partial charge on any atom is 0.255 e. The van der Waals surface area contributed by atoms with Gasteiger partial charge in [-0.15, -0.1) is 0 Å². The lowest BCUT2D eigenvalue weighted by molar-refractivity contribution is 0.0936. The lowest BCUT2D eigenvalue weighted by atomic mass is 10.1. The second-order valence-corrected chi connectivity index (χ2v) is 5.32. The van der Waals surface area contributed by atoms with Gasteiger partial charge < -0.3 is 10.4 Å². The first-order chi connectivity index (χ1) is 9.47. The van der Waals surface area contributed by atoms with Gasteiger partial charge in [0.15, 0.2) is 0 Å². The van der Waals surface area contributed by atoms with Gasteiger partial charge in [-0.25, -0.2) is 4.39 Å². The molecule has 2 rings (SSSR count). The molecule has 104 valence electrons. The smallest absolute Gasteiger partial charge is 0.255 e. The van der Waals surface area contributed by atoms with E-state index in [1.54, 1.807) is 0 Å². The predicted molar refractivity (Wildman–Crippen MR) is 78.1 cm³/mol. The van der Waals surface area contributed by atoms with Crippen molar-refractivity contribution in [3.8, 4) is 5.75 Å². The van der Waals surface area contributed by atoms with Crippen LogP contribution >= 0.6 is 15.9 Å². The van der Waals surface area contributed by atoms with Gasteiger partial charge in [-0.05, 0) is 42.8 Å². The molecule has 5 heteroatoms. The first-order valence-electron chi connectivity index (χ1n) is 6.02. The molecular formula is C15H13BrFNO2. The number of hydrogen-bond acceptors (Lipinski definition) is 2. The van der Waals surface area contributed by atoms with E-state index in [1.165, 1.54) is 0 Å². The third kappa shape index (κ3) is 3.36. The van der Waals surface area contributed by atoms with Gasteiger partial charge >= 0.3 is 0 Å². The molecule has 0 unspecified atom stereocenters. The van der Waals surface area contributed by atoms with Crippen LogP contribution in [0.15, 0.2) is 46.9 Å². The fraction of sp³-hybridized carbons (Fsp3) is 0.133. The Labute approximate surface area is 124 Å². The molecule has 2 aromatic rings. The molecule has 0 spiro atoms. The monoisotopic (exact) mass is 337 g/mol. The van der Waals surface area contributed by atoms with Crippen molar-refractivity contribution in [2.75, 3.05) is 0 Å². The number of benzene rings is 2. The molecule has 0 bridgehead atoms. The second kappa shape index (κ2) is 6.05. The fourth-order valence-corrected chi connectivity index (χ4v) is 2.06. The van der Waals surface area contributed by atoms with Crippen LogP contribution in [0, 0.1) is 5.82 Å². The number of carbonyl (C=O) groups excluding carboxylic acids is 1. The van der Waals surface area contributed by atoms with Crippen molar-refractivity contribution in [1.82, 2.24) is 5.32 Å². The van der Waals surface area contributed by atoms with Crippen molar-refractivity contribution in [1.29, 1.82) is 0 Å². The van der Waals surface area contributed by atoms with E-state index in [-0.39, 0.29) is 17.4 Å². The summed E-state index contributed by atoms with van der Waals surface area (Å²) in [4.78, 5) is 12.0. The molecule has 0 fully saturated rings. The molecule has 0 saturated carbocycles. The van der Waals surface area contributed by atoms with Crippen molar-refractivity contribution in [3.05, 3.63) is 63.9 Å². The van der Waals surface area contributed by atoms with Crippen LogP contribution in [0.2, 0.25) is 0 Å². The van der Waals surface area contributed by atoms with E-state index in [2.05, 4.69) is 21.2 Å². The van der Waals surface area contributed by atoms with Crippen LogP contribution in [0.4, 0.5) is 4.39 Å². The number of nitrogens with one attached hydrogen (secondary N) is 1. The van der Waals surface area contributed by atoms with Gasteiger partial charge in [0.1, 0.15) is 11.6 Å². The normalized spacial score (nSPS) is 11.9. The van der Waals surface area contributed by atoms with Crippen LogP contribution in [-0.4, -0.2) is 11.0 Å². The van der Waals surface area contributed by atoms with E-state index < -0.39 is 11.7 Å². The third-order valence-electron chi connectivity index (χ3n) is 2.92. The summed E-state index contributed by atoms with van der Waals surface area (Å²) in [5.74, 6) is -1.33. The molecular weight excluding hydrogens is 325 g/mol. The number of hydrogen-bond donors (Lipinski definition) is 2. The second-order valence-electron chi connectivity index (χ2n) is 4.41. The molecule has 0 aliphatic heterocycles. The highest BCUT2D eigenvalue weighted by Gasteiger charge is 2.15. The molecule has 0 saturated heterocycles. The first kappa shape index (κ1) is 14.5. The summed E-state index contributed by atoms with van der Waals surface area (Å²) in [6.45, 7) is 1.82. The number of phenolic OH excluding ortho intramolecular Hbond substituents is 1. The van der Waals surface area contributed by atoms with Crippen molar-refractivity contribution < 1.29 is 14.3 Å². The van der Waals surface area contributed by atoms with E-state index in [0.717, 1.165) is 28.2 Å². The van der Waals surface area contributed by atoms with Crippen molar-refractivity contribution in [2.24, 2.45) is 0 Å². The van der Waals surface area contributed by atoms with Gasteiger partial charge in [-0.3, -0.25) is 4.79 Å². The maximum atomic E-state index is 13.1. The zero-order valence-corrected chi connectivity index (χ0v) is 12.3. The number of rotatable bonds is 3. The SMILES string of the molecule is C[C@H](NC(=O)c1cc(F)ccc1O)c1ccc(Br)cc1. The Bertz CT molecular complexity index is 628. The van der Waals surface area contributed by atoms with E-state index in [9.17, 15) is 14.3 Å².